The van der Waals surface area contributed by atoms with Gasteiger partial charge in [-0.1, -0.05) is 18.2 Å². The summed E-state index contributed by atoms with van der Waals surface area (Å²) in [7, 11) is 0. The number of benzene rings is 1. The van der Waals surface area contributed by atoms with Crippen LogP contribution in [0.1, 0.15) is 24.3 Å². The highest BCUT2D eigenvalue weighted by Crippen LogP contribution is 2.49. The number of aromatic nitrogens is 1. The van der Waals surface area contributed by atoms with Crippen molar-refractivity contribution in [2.45, 2.75) is 24.9 Å². The minimum absolute atomic E-state index is 0.0158. The van der Waals surface area contributed by atoms with E-state index in [4.69, 9.17) is 4.74 Å². The molecule has 0 N–H and O–H groups in total. The molecule has 2 heterocycles. The lowest BCUT2D eigenvalue weighted by molar-refractivity contribution is -0.131. The van der Waals surface area contributed by atoms with Gasteiger partial charge in [-0.2, -0.15) is 0 Å². The third kappa shape index (κ3) is 2.98. The van der Waals surface area contributed by atoms with Crippen molar-refractivity contribution in [1.29, 1.82) is 0 Å². The Morgan fingerprint density at radius 2 is 2.00 bits per heavy atom. The number of hydrogen-bond acceptors (Lipinski definition) is 3. The molecule has 1 aliphatic heterocycles. The van der Waals surface area contributed by atoms with Gasteiger partial charge >= 0.3 is 0 Å². The van der Waals surface area contributed by atoms with E-state index in [1.165, 1.54) is 6.07 Å². The molecule has 0 spiro atoms. The van der Waals surface area contributed by atoms with E-state index in [1.54, 1.807) is 24.5 Å². The van der Waals surface area contributed by atoms with Crippen molar-refractivity contribution in [3.05, 3.63) is 60.2 Å². The fraction of sp³-hybridized carbons (Fsp3) is 0.368. The first kappa shape index (κ1) is 15.1. The highest BCUT2D eigenvalue weighted by Gasteiger charge is 2.47. The van der Waals surface area contributed by atoms with Crippen LogP contribution >= 0.6 is 0 Å². The van der Waals surface area contributed by atoms with Crippen molar-refractivity contribution in [3.63, 3.8) is 0 Å². The van der Waals surface area contributed by atoms with Crippen molar-refractivity contribution >= 4 is 5.91 Å². The predicted molar refractivity (Wildman–Crippen MR) is 87.1 cm³/mol. The number of ether oxygens (including phenoxy) is 1. The van der Waals surface area contributed by atoms with Crippen molar-refractivity contribution in [1.82, 2.24) is 9.88 Å². The van der Waals surface area contributed by atoms with Gasteiger partial charge in [0.1, 0.15) is 17.7 Å². The summed E-state index contributed by atoms with van der Waals surface area (Å²) < 4.78 is 19.7. The lowest BCUT2D eigenvalue weighted by Gasteiger charge is -2.17. The highest BCUT2D eigenvalue weighted by molar-refractivity contribution is 5.83. The molecule has 0 unspecified atom stereocenters. The summed E-state index contributed by atoms with van der Waals surface area (Å²) in [6, 6.07) is 10.4. The summed E-state index contributed by atoms with van der Waals surface area (Å²) in [5.74, 6) is 0.641. The molecular formula is C19H19FN2O2. The largest absolute Gasteiger partial charge is 0.488 e. The Kier molecular flexibility index (Phi) is 3.92. The molecule has 3 atom stereocenters. The standard InChI is InChI=1S/C19H19FN2O2/c20-18-4-2-1-3-15(18)16-11-17(16)19(23)22-10-7-14(12-22)24-13-5-8-21-9-6-13/h1-6,8-9,14,16-17H,7,10-12H2/t14-,16+,17+/m0/s1. The van der Waals surface area contributed by atoms with Gasteiger partial charge in [-0.15, -0.1) is 0 Å². The van der Waals surface area contributed by atoms with Gasteiger partial charge in [0, 0.05) is 31.3 Å². The van der Waals surface area contributed by atoms with Crippen molar-refractivity contribution in [2.75, 3.05) is 13.1 Å². The number of nitrogens with zero attached hydrogens (tertiary/aromatic N) is 2. The van der Waals surface area contributed by atoms with Crippen LogP contribution in [0.3, 0.4) is 0 Å². The van der Waals surface area contributed by atoms with E-state index < -0.39 is 0 Å². The number of carbonyl (C=O) groups is 1. The summed E-state index contributed by atoms with van der Waals surface area (Å²) >= 11 is 0. The molecule has 2 fully saturated rings. The number of rotatable bonds is 4. The molecule has 1 aromatic carbocycles. The first-order valence-corrected chi connectivity index (χ1v) is 8.32. The van der Waals surface area contributed by atoms with Gasteiger partial charge in [0.2, 0.25) is 5.91 Å². The quantitative estimate of drug-likeness (QED) is 0.867. The molecule has 4 rings (SSSR count). The number of amides is 1. The van der Waals surface area contributed by atoms with Gasteiger partial charge in [-0.25, -0.2) is 4.39 Å². The Balaban J connectivity index is 1.35. The van der Waals surface area contributed by atoms with E-state index in [9.17, 15) is 9.18 Å². The fourth-order valence-corrected chi connectivity index (χ4v) is 3.46. The molecular weight excluding hydrogens is 307 g/mol. The number of likely N-dealkylation sites (tertiary alicyclic amines) is 1. The average Bonchev–Trinajstić information content (AvgIpc) is 3.26. The topological polar surface area (TPSA) is 42.4 Å². The van der Waals surface area contributed by atoms with Gasteiger partial charge in [0.05, 0.1) is 6.54 Å². The monoisotopic (exact) mass is 326 g/mol. The molecule has 4 nitrogen and oxygen atoms in total. The van der Waals surface area contributed by atoms with Crippen LogP contribution in [0.4, 0.5) is 4.39 Å². The molecule has 1 amide bonds. The summed E-state index contributed by atoms with van der Waals surface area (Å²) in [5.41, 5.74) is 0.666. The predicted octanol–water partition coefficient (Wildman–Crippen LogP) is 3.00. The van der Waals surface area contributed by atoms with Crippen LogP contribution < -0.4 is 4.74 Å². The third-order valence-corrected chi connectivity index (χ3v) is 4.82. The maximum Gasteiger partial charge on any atom is 0.226 e. The Morgan fingerprint density at radius 1 is 1.21 bits per heavy atom. The zero-order valence-corrected chi connectivity index (χ0v) is 13.3. The van der Waals surface area contributed by atoms with Crippen LogP contribution in [0.25, 0.3) is 0 Å². The molecule has 1 aliphatic carbocycles. The molecule has 24 heavy (non-hydrogen) atoms. The Labute approximate surface area is 140 Å². The normalized spacial score (nSPS) is 25.5. The number of pyridine rings is 1. The van der Waals surface area contributed by atoms with Crippen LogP contribution in [0, 0.1) is 11.7 Å². The van der Waals surface area contributed by atoms with E-state index in [0.717, 1.165) is 18.6 Å². The molecule has 0 radical (unpaired) electrons. The maximum absolute atomic E-state index is 13.8. The summed E-state index contributed by atoms with van der Waals surface area (Å²) in [5, 5.41) is 0. The highest BCUT2D eigenvalue weighted by atomic mass is 19.1. The van der Waals surface area contributed by atoms with Crippen molar-refractivity contribution in [2.24, 2.45) is 5.92 Å². The Hall–Kier alpha value is -2.43. The maximum atomic E-state index is 13.8. The summed E-state index contributed by atoms with van der Waals surface area (Å²) in [6.07, 6.45) is 4.96. The second kappa shape index (κ2) is 6.23. The van der Waals surface area contributed by atoms with Gasteiger partial charge < -0.3 is 9.64 Å². The Morgan fingerprint density at radius 3 is 2.79 bits per heavy atom. The number of hydrogen-bond donors (Lipinski definition) is 0. The van der Waals surface area contributed by atoms with E-state index in [1.807, 2.05) is 23.1 Å². The Bertz CT molecular complexity index is 737. The van der Waals surface area contributed by atoms with Gasteiger partial charge in [0.25, 0.3) is 0 Å². The molecule has 2 aliphatic rings. The zero-order valence-electron chi connectivity index (χ0n) is 13.3. The average molecular weight is 326 g/mol. The molecule has 1 aromatic heterocycles. The van der Waals surface area contributed by atoms with Crippen LogP contribution in [0.5, 0.6) is 5.75 Å². The van der Waals surface area contributed by atoms with Crippen molar-refractivity contribution in [3.8, 4) is 5.75 Å². The summed E-state index contributed by atoms with van der Waals surface area (Å²) in [4.78, 5) is 18.5. The van der Waals surface area contributed by atoms with Crippen molar-refractivity contribution < 1.29 is 13.9 Å². The smallest absolute Gasteiger partial charge is 0.226 e. The van der Waals surface area contributed by atoms with E-state index in [2.05, 4.69) is 4.98 Å². The molecule has 1 saturated carbocycles. The fourth-order valence-electron chi connectivity index (χ4n) is 3.46. The molecule has 5 heteroatoms. The van der Waals surface area contributed by atoms with Crippen LogP contribution in [-0.4, -0.2) is 35.0 Å². The van der Waals surface area contributed by atoms with E-state index in [-0.39, 0.29) is 29.7 Å². The van der Waals surface area contributed by atoms with Crippen LogP contribution in [0.15, 0.2) is 48.8 Å². The second-order valence-corrected chi connectivity index (χ2v) is 6.47. The first-order chi connectivity index (χ1) is 11.7. The van der Waals surface area contributed by atoms with Gasteiger partial charge in [-0.05, 0) is 36.1 Å². The van der Waals surface area contributed by atoms with Gasteiger partial charge in [0.15, 0.2) is 0 Å². The van der Waals surface area contributed by atoms with Crippen LogP contribution in [0.2, 0.25) is 0 Å². The molecule has 124 valence electrons. The SMILES string of the molecule is O=C([C@@H]1C[C@@H]1c1ccccc1F)N1CC[C@H](Oc2ccncc2)C1. The molecule has 0 bridgehead atoms. The van der Waals surface area contributed by atoms with Gasteiger partial charge in [-0.3, -0.25) is 9.78 Å². The minimum atomic E-state index is -0.210. The minimum Gasteiger partial charge on any atom is -0.488 e. The summed E-state index contributed by atoms with van der Waals surface area (Å²) in [6.45, 7) is 1.30. The van der Waals surface area contributed by atoms with E-state index >= 15 is 0 Å². The number of carbonyl (C=O) groups excluding carboxylic acids is 1. The third-order valence-electron chi connectivity index (χ3n) is 4.82. The second-order valence-electron chi connectivity index (χ2n) is 6.47. The zero-order chi connectivity index (χ0) is 16.5. The van der Waals surface area contributed by atoms with E-state index in [0.29, 0.717) is 18.7 Å². The number of halogens is 1. The lowest BCUT2D eigenvalue weighted by atomic mass is 10.1. The molecule has 1 saturated heterocycles. The first-order valence-electron chi connectivity index (χ1n) is 8.32. The van der Waals surface area contributed by atoms with Crippen LogP contribution in [-0.2, 0) is 4.79 Å². The lowest BCUT2D eigenvalue weighted by Crippen LogP contribution is -2.32. The molecule has 2 aromatic rings.